The molecule has 5 heteroatoms. The number of anilines is 1. The zero-order valence-corrected chi connectivity index (χ0v) is 15.0. The van der Waals surface area contributed by atoms with Crippen LogP contribution in [0.4, 0.5) is 5.82 Å². The summed E-state index contributed by atoms with van der Waals surface area (Å²) < 4.78 is 0. The van der Waals surface area contributed by atoms with Crippen LogP contribution in [0.3, 0.4) is 0 Å². The molecule has 0 spiro atoms. The molecule has 1 aliphatic carbocycles. The van der Waals surface area contributed by atoms with E-state index in [9.17, 15) is 0 Å². The first-order valence-electron chi connectivity index (χ1n) is 9.02. The quantitative estimate of drug-likeness (QED) is 0.856. The average molecular weight is 331 g/mol. The number of piperazine rings is 1. The highest BCUT2D eigenvalue weighted by Gasteiger charge is 2.24. The van der Waals surface area contributed by atoms with E-state index in [1.54, 1.807) is 10.4 Å². The third-order valence-electron chi connectivity index (χ3n) is 5.00. The average Bonchev–Trinajstić information content (AvgIpc) is 2.76. The third kappa shape index (κ3) is 2.85. The first kappa shape index (κ1) is 15.3. The molecule has 0 unspecified atom stereocenters. The summed E-state index contributed by atoms with van der Waals surface area (Å²) in [7, 11) is 0. The molecule has 2 aromatic heterocycles. The minimum atomic E-state index is 0.378. The highest BCUT2D eigenvalue weighted by molar-refractivity contribution is 7.19. The summed E-state index contributed by atoms with van der Waals surface area (Å²) in [6, 6.07) is 0. The molecule has 0 bridgehead atoms. The van der Waals surface area contributed by atoms with E-state index in [2.05, 4.69) is 24.1 Å². The van der Waals surface area contributed by atoms with Crippen LogP contribution in [0.5, 0.6) is 0 Å². The van der Waals surface area contributed by atoms with Crippen molar-refractivity contribution in [3.05, 3.63) is 16.3 Å². The number of fused-ring (bicyclic) bond motifs is 3. The van der Waals surface area contributed by atoms with E-state index in [4.69, 9.17) is 9.97 Å². The summed E-state index contributed by atoms with van der Waals surface area (Å²) in [6.07, 6.45) is 6.43. The monoisotopic (exact) mass is 330 g/mol. The van der Waals surface area contributed by atoms with Gasteiger partial charge in [-0.2, -0.15) is 0 Å². The number of hydrogen-bond donors (Lipinski definition) is 1. The molecule has 0 saturated carbocycles. The number of nitrogens with one attached hydrogen (secondary N) is 1. The van der Waals surface area contributed by atoms with Crippen LogP contribution in [0.2, 0.25) is 0 Å². The number of aryl methyl sites for hydroxylation is 2. The molecule has 4 nitrogen and oxygen atoms in total. The maximum absolute atomic E-state index is 5.03. The van der Waals surface area contributed by atoms with E-state index in [0.29, 0.717) is 5.92 Å². The van der Waals surface area contributed by atoms with Gasteiger partial charge in [0.1, 0.15) is 16.5 Å². The van der Waals surface area contributed by atoms with E-state index in [0.717, 1.165) is 32.0 Å². The summed E-state index contributed by atoms with van der Waals surface area (Å²) in [5.41, 5.74) is 1.56. The summed E-state index contributed by atoms with van der Waals surface area (Å²) >= 11 is 1.93. The number of nitrogens with zero attached hydrogens (tertiary/aromatic N) is 3. The van der Waals surface area contributed by atoms with Crippen LogP contribution in [0, 0.1) is 0 Å². The summed E-state index contributed by atoms with van der Waals surface area (Å²) in [5, 5.41) is 4.83. The predicted molar refractivity (Wildman–Crippen MR) is 97.8 cm³/mol. The molecule has 0 atom stereocenters. The molecule has 3 heterocycles. The molecule has 0 amide bonds. The highest BCUT2D eigenvalue weighted by atomic mass is 32.1. The highest BCUT2D eigenvalue weighted by Crippen LogP contribution is 2.39. The fourth-order valence-corrected chi connectivity index (χ4v) is 4.96. The largest absolute Gasteiger partial charge is 0.353 e. The van der Waals surface area contributed by atoms with Crippen molar-refractivity contribution in [3.8, 4) is 0 Å². The Labute approximate surface area is 142 Å². The van der Waals surface area contributed by atoms with Crippen LogP contribution in [0.15, 0.2) is 0 Å². The maximum Gasteiger partial charge on any atom is 0.141 e. The molecule has 23 heavy (non-hydrogen) atoms. The summed E-state index contributed by atoms with van der Waals surface area (Å²) in [5.74, 6) is 2.59. The fraction of sp³-hybridized carbons (Fsp3) is 0.667. The van der Waals surface area contributed by atoms with Gasteiger partial charge in [0.05, 0.1) is 5.39 Å². The van der Waals surface area contributed by atoms with Crippen molar-refractivity contribution in [1.82, 2.24) is 15.3 Å². The summed E-state index contributed by atoms with van der Waals surface area (Å²) in [4.78, 5) is 15.2. The normalized spacial score (nSPS) is 19.2. The molecular weight excluding hydrogens is 304 g/mol. The minimum Gasteiger partial charge on any atom is -0.353 e. The van der Waals surface area contributed by atoms with Gasteiger partial charge in [0.15, 0.2) is 0 Å². The Morgan fingerprint density at radius 3 is 2.61 bits per heavy atom. The first-order chi connectivity index (χ1) is 11.2. The Morgan fingerprint density at radius 2 is 1.83 bits per heavy atom. The van der Waals surface area contributed by atoms with Crippen molar-refractivity contribution < 1.29 is 0 Å². The zero-order valence-electron chi connectivity index (χ0n) is 14.2. The fourth-order valence-electron chi connectivity index (χ4n) is 3.69. The molecule has 2 aromatic rings. The van der Waals surface area contributed by atoms with Gasteiger partial charge < -0.3 is 10.2 Å². The van der Waals surface area contributed by atoms with Crippen LogP contribution in [0.25, 0.3) is 10.2 Å². The Hall–Kier alpha value is -1.20. The second kappa shape index (κ2) is 6.36. The van der Waals surface area contributed by atoms with Crippen molar-refractivity contribution in [2.75, 3.05) is 31.1 Å². The third-order valence-corrected chi connectivity index (χ3v) is 6.18. The smallest absolute Gasteiger partial charge is 0.141 e. The lowest BCUT2D eigenvalue weighted by atomic mass is 10.1. The first-order valence-corrected chi connectivity index (χ1v) is 9.83. The standard InChI is InChI=1S/C18H26N4S/c1-12(2)16-20-17(22-10-8-19-9-11-22)15-13-6-4-3-5-7-14(13)23-18(15)21-16/h12,19H,3-11H2,1-2H3. The minimum absolute atomic E-state index is 0.378. The van der Waals surface area contributed by atoms with Gasteiger partial charge in [0.25, 0.3) is 0 Å². The van der Waals surface area contributed by atoms with Crippen LogP contribution < -0.4 is 10.2 Å². The molecule has 1 aliphatic heterocycles. The van der Waals surface area contributed by atoms with Crippen LogP contribution in [-0.2, 0) is 12.8 Å². The number of rotatable bonds is 2. The van der Waals surface area contributed by atoms with E-state index in [1.165, 1.54) is 48.1 Å². The lowest BCUT2D eigenvalue weighted by Gasteiger charge is -2.29. The van der Waals surface area contributed by atoms with Crippen LogP contribution >= 0.6 is 11.3 Å². The Bertz CT molecular complexity index is 701. The molecule has 1 N–H and O–H groups in total. The Kier molecular flexibility index (Phi) is 4.24. The van der Waals surface area contributed by atoms with Gasteiger partial charge >= 0.3 is 0 Å². The predicted octanol–water partition coefficient (Wildman–Crippen LogP) is 3.49. The second-order valence-corrected chi connectivity index (χ2v) is 8.13. The van der Waals surface area contributed by atoms with Crippen molar-refractivity contribution in [1.29, 1.82) is 0 Å². The maximum atomic E-state index is 5.03. The molecule has 124 valence electrons. The summed E-state index contributed by atoms with van der Waals surface area (Å²) in [6.45, 7) is 8.59. The topological polar surface area (TPSA) is 41.1 Å². The van der Waals surface area contributed by atoms with Crippen LogP contribution in [0.1, 0.15) is 55.3 Å². The van der Waals surface area contributed by atoms with Gasteiger partial charge in [0, 0.05) is 37.0 Å². The van der Waals surface area contributed by atoms with Crippen molar-refractivity contribution in [2.24, 2.45) is 0 Å². The molecular formula is C18H26N4S. The van der Waals surface area contributed by atoms with Gasteiger partial charge in [-0.15, -0.1) is 11.3 Å². The molecule has 2 aliphatic rings. The van der Waals surface area contributed by atoms with Gasteiger partial charge in [-0.1, -0.05) is 20.3 Å². The van der Waals surface area contributed by atoms with E-state index < -0.39 is 0 Å². The number of hydrogen-bond acceptors (Lipinski definition) is 5. The van der Waals surface area contributed by atoms with E-state index >= 15 is 0 Å². The lowest BCUT2D eigenvalue weighted by Crippen LogP contribution is -2.44. The number of thiophene rings is 1. The SMILES string of the molecule is CC(C)c1nc(N2CCNCC2)c2c3c(sc2n1)CCCCC3. The Morgan fingerprint density at radius 1 is 1.04 bits per heavy atom. The number of aromatic nitrogens is 2. The molecule has 0 radical (unpaired) electrons. The van der Waals surface area contributed by atoms with E-state index in [1.807, 2.05) is 11.3 Å². The second-order valence-electron chi connectivity index (χ2n) is 7.04. The molecule has 4 rings (SSSR count). The van der Waals surface area contributed by atoms with Crippen molar-refractivity contribution in [2.45, 2.75) is 51.9 Å². The van der Waals surface area contributed by atoms with Gasteiger partial charge in [-0.05, 0) is 31.2 Å². The molecule has 0 aromatic carbocycles. The van der Waals surface area contributed by atoms with Crippen LogP contribution in [-0.4, -0.2) is 36.1 Å². The van der Waals surface area contributed by atoms with Gasteiger partial charge in [-0.3, -0.25) is 0 Å². The van der Waals surface area contributed by atoms with Gasteiger partial charge in [-0.25, -0.2) is 9.97 Å². The van der Waals surface area contributed by atoms with Crippen molar-refractivity contribution in [3.63, 3.8) is 0 Å². The Balaban J connectivity index is 1.90. The van der Waals surface area contributed by atoms with Gasteiger partial charge in [0.2, 0.25) is 0 Å². The zero-order chi connectivity index (χ0) is 15.8. The van der Waals surface area contributed by atoms with E-state index in [-0.39, 0.29) is 0 Å². The lowest BCUT2D eigenvalue weighted by molar-refractivity contribution is 0.584. The molecule has 1 fully saturated rings. The molecule has 1 saturated heterocycles. The van der Waals surface area contributed by atoms with Crippen molar-refractivity contribution >= 4 is 27.4 Å².